The Labute approximate surface area is 109 Å². The number of imidazole rings is 1. The first-order valence-electron chi connectivity index (χ1n) is 6.31. The minimum absolute atomic E-state index is 0.137. The molecule has 2 aromatic heterocycles. The molecule has 4 heteroatoms. The van der Waals surface area contributed by atoms with E-state index in [1.54, 1.807) is 0 Å². The molecule has 0 aliphatic rings. The molecule has 0 aliphatic carbocycles. The Morgan fingerprint density at radius 3 is 2.67 bits per heavy atom. The molecule has 0 amide bonds. The zero-order valence-electron chi connectivity index (χ0n) is 11.6. The fourth-order valence-electron chi connectivity index (χ4n) is 1.82. The van der Waals surface area contributed by atoms with Gasteiger partial charge in [0.25, 0.3) is 0 Å². The van der Waals surface area contributed by atoms with Crippen LogP contribution >= 0.6 is 0 Å². The third-order valence-electron chi connectivity index (χ3n) is 2.96. The van der Waals surface area contributed by atoms with Crippen molar-refractivity contribution in [2.24, 2.45) is 7.05 Å². The van der Waals surface area contributed by atoms with E-state index in [-0.39, 0.29) is 5.54 Å². The maximum atomic E-state index is 4.36. The number of aromatic nitrogens is 3. The molecular formula is C14H22N4. The molecule has 0 saturated heterocycles. The van der Waals surface area contributed by atoms with E-state index in [1.807, 2.05) is 19.4 Å². The Kier molecular flexibility index (Phi) is 3.57. The van der Waals surface area contributed by atoms with Crippen molar-refractivity contribution in [1.29, 1.82) is 0 Å². The predicted octanol–water partition coefficient (Wildman–Crippen LogP) is 2.16. The molecule has 0 atom stereocenters. The van der Waals surface area contributed by atoms with Crippen LogP contribution in [0, 0.1) is 0 Å². The van der Waals surface area contributed by atoms with Crippen LogP contribution in [-0.4, -0.2) is 19.7 Å². The second-order valence-corrected chi connectivity index (χ2v) is 5.69. The SMILES string of the molecule is Cn1ccnc1Cn1cccc1CNC(C)(C)C. The summed E-state index contributed by atoms with van der Waals surface area (Å²) in [5.74, 6) is 1.07. The van der Waals surface area contributed by atoms with E-state index >= 15 is 0 Å². The van der Waals surface area contributed by atoms with Gasteiger partial charge in [-0.05, 0) is 32.9 Å². The molecule has 0 radical (unpaired) electrons. The average molecular weight is 246 g/mol. The zero-order chi connectivity index (χ0) is 13.2. The highest BCUT2D eigenvalue weighted by Gasteiger charge is 2.10. The maximum Gasteiger partial charge on any atom is 0.128 e. The molecule has 1 N–H and O–H groups in total. The lowest BCUT2D eigenvalue weighted by atomic mass is 10.1. The highest BCUT2D eigenvalue weighted by Crippen LogP contribution is 2.08. The molecule has 0 spiro atoms. The van der Waals surface area contributed by atoms with Crippen molar-refractivity contribution in [2.45, 2.75) is 39.4 Å². The van der Waals surface area contributed by atoms with E-state index in [1.165, 1.54) is 5.69 Å². The monoisotopic (exact) mass is 246 g/mol. The first-order valence-corrected chi connectivity index (χ1v) is 6.31. The van der Waals surface area contributed by atoms with E-state index in [0.29, 0.717) is 0 Å². The van der Waals surface area contributed by atoms with E-state index in [4.69, 9.17) is 0 Å². The van der Waals surface area contributed by atoms with Crippen LogP contribution in [0.5, 0.6) is 0 Å². The summed E-state index contributed by atoms with van der Waals surface area (Å²) in [5, 5.41) is 3.51. The normalized spacial score (nSPS) is 12.0. The summed E-state index contributed by atoms with van der Waals surface area (Å²) in [6.07, 6.45) is 5.92. The predicted molar refractivity (Wildman–Crippen MR) is 73.3 cm³/mol. The Hall–Kier alpha value is -1.55. The van der Waals surface area contributed by atoms with Crippen LogP contribution in [-0.2, 0) is 20.1 Å². The summed E-state index contributed by atoms with van der Waals surface area (Å²) in [4.78, 5) is 4.36. The minimum atomic E-state index is 0.137. The highest BCUT2D eigenvalue weighted by atomic mass is 15.1. The van der Waals surface area contributed by atoms with Crippen LogP contribution in [0.4, 0.5) is 0 Å². The van der Waals surface area contributed by atoms with Gasteiger partial charge in [-0.25, -0.2) is 4.98 Å². The van der Waals surface area contributed by atoms with Crippen LogP contribution in [0.15, 0.2) is 30.7 Å². The molecule has 0 aliphatic heterocycles. The van der Waals surface area contributed by atoms with Gasteiger partial charge < -0.3 is 14.5 Å². The quantitative estimate of drug-likeness (QED) is 0.897. The number of nitrogens with one attached hydrogen (secondary N) is 1. The van der Waals surface area contributed by atoms with Crippen molar-refractivity contribution in [3.05, 3.63) is 42.2 Å². The van der Waals surface area contributed by atoms with Crippen molar-refractivity contribution in [2.75, 3.05) is 0 Å². The van der Waals surface area contributed by atoms with Crippen LogP contribution in [0.3, 0.4) is 0 Å². The molecule has 0 saturated carbocycles. The summed E-state index contributed by atoms with van der Waals surface area (Å²) >= 11 is 0. The van der Waals surface area contributed by atoms with Gasteiger partial charge in [0.2, 0.25) is 0 Å². The Bertz CT molecular complexity index is 502. The first-order chi connectivity index (χ1) is 8.46. The molecule has 2 heterocycles. The Morgan fingerprint density at radius 2 is 2.06 bits per heavy atom. The number of nitrogens with zero attached hydrogens (tertiary/aromatic N) is 3. The second-order valence-electron chi connectivity index (χ2n) is 5.69. The second kappa shape index (κ2) is 4.98. The summed E-state index contributed by atoms with van der Waals surface area (Å²) in [6.45, 7) is 8.23. The van der Waals surface area contributed by atoms with Crippen molar-refractivity contribution < 1.29 is 0 Å². The fraction of sp³-hybridized carbons (Fsp3) is 0.500. The third-order valence-corrected chi connectivity index (χ3v) is 2.96. The van der Waals surface area contributed by atoms with Gasteiger partial charge in [-0.2, -0.15) is 0 Å². The summed E-state index contributed by atoms with van der Waals surface area (Å²) < 4.78 is 4.29. The smallest absolute Gasteiger partial charge is 0.128 e. The topological polar surface area (TPSA) is 34.8 Å². The number of aryl methyl sites for hydroxylation is 1. The van der Waals surface area contributed by atoms with Crippen LogP contribution in [0.2, 0.25) is 0 Å². The number of hydrogen-bond acceptors (Lipinski definition) is 2. The molecule has 4 nitrogen and oxygen atoms in total. The molecule has 0 bridgehead atoms. The third kappa shape index (κ3) is 3.23. The van der Waals surface area contributed by atoms with Crippen molar-refractivity contribution >= 4 is 0 Å². The number of hydrogen-bond donors (Lipinski definition) is 1. The van der Waals surface area contributed by atoms with Crippen molar-refractivity contribution in [1.82, 2.24) is 19.4 Å². The molecule has 2 aromatic rings. The zero-order valence-corrected chi connectivity index (χ0v) is 11.6. The summed E-state index contributed by atoms with van der Waals surface area (Å²) in [7, 11) is 2.03. The number of rotatable bonds is 4. The summed E-state index contributed by atoms with van der Waals surface area (Å²) in [6, 6.07) is 4.24. The van der Waals surface area contributed by atoms with Gasteiger partial charge in [-0.15, -0.1) is 0 Å². The molecule has 2 rings (SSSR count). The van der Waals surface area contributed by atoms with Crippen molar-refractivity contribution in [3.8, 4) is 0 Å². The Morgan fingerprint density at radius 1 is 1.28 bits per heavy atom. The summed E-state index contributed by atoms with van der Waals surface area (Å²) in [5.41, 5.74) is 1.42. The molecule has 18 heavy (non-hydrogen) atoms. The van der Waals surface area contributed by atoms with Crippen LogP contribution < -0.4 is 5.32 Å². The standard InChI is InChI=1S/C14H22N4/c1-14(2,3)16-10-12-6-5-8-18(12)11-13-15-7-9-17(13)4/h5-9,16H,10-11H2,1-4H3. The van der Waals surface area contributed by atoms with E-state index in [0.717, 1.165) is 18.9 Å². The van der Waals surface area contributed by atoms with Gasteiger partial charge in [0.1, 0.15) is 5.82 Å². The molecule has 0 fully saturated rings. The lowest BCUT2D eigenvalue weighted by molar-refractivity contribution is 0.416. The first kappa shape index (κ1) is 12.9. The minimum Gasteiger partial charge on any atom is -0.343 e. The van der Waals surface area contributed by atoms with Gasteiger partial charge in [-0.3, -0.25) is 0 Å². The van der Waals surface area contributed by atoms with E-state index < -0.39 is 0 Å². The van der Waals surface area contributed by atoms with Gasteiger partial charge in [-0.1, -0.05) is 0 Å². The molecular weight excluding hydrogens is 224 g/mol. The lowest BCUT2D eigenvalue weighted by Crippen LogP contribution is -2.35. The Balaban J connectivity index is 2.06. The fourth-order valence-corrected chi connectivity index (χ4v) is 1.82. The largest absolute Gasteiger partial charge is 0.343 e. The van der Waals surface area contributed by atoms with Crippen LogP contribution in [0.1, 0.15) is 32.3 Å². The average Bonchev–Trinajstić information content (AvgIpc) is 2.86. The highest BCUT2D eigenvalue weighted by molar-refractivity contribution is 5.09. The van der Waals surface area contributed by atoms with E-state index in [2.05, 4.69) is 58.5 Å². The van der Waals surface area contributed by atoms with Crippen molar-refractivity contribution in [3.63, 3.8) is 0 Å². The van der Waals surface area contributed by atoms with Crippen LogP contribution in [0.25, 0.3) is 0 Å². The maximum absolute atomic E-state index is 4.36. The lowest BCUT2D eigenvalue weighted by Gasteiger charge is -2.21. The molecule has 98 valence electrons. The molecule has 0 aromatic carbocycles. The van der Waals surface area contributed by atoms with Gasteiger partial charge in [0.15, 0.2) is 0 Å². The van der Waals surface area contributed by atoms with Gasteiger partial charge >= 0.3 is 0 Å². The molecule has 0 unspecified atom stereocenters. The van der Waals surface area contributed by atoms with Gasteiger partial charge in [0.05, 0.1) is 6.54 Å². The van der Waals surface area contributed by atoms with Gasteiger partial charge in [0, 0.05) is 43.4 Å². The van der Waals surface area contributed by atoms with E-state index in [9.17, 15) is 0 Å².